The molecule has 0 atom stereocenters. The van der Waals surface area contributed by atoms with E-state index in [9.17, 15) is 4.79 Å². The van der Waals surface area contributed by atoms with Gasteiger partial charge in [0.05, 0.1) is 11.6 Å². The topological polar surface area (TPSA) is 47.3 Å². The van der Waals surface area contributed by atoms with E-state index in [4.69, 9.17) is 5.26 Å². The highest BCUT2D eigenvalue weighted by molar-refractivity contribution is 5.76. The highest BCUT2D eigenvalue weighted by atomic mass is 16.2. The summed E-state index contributed by atoms with van der Waals surface area (Å²) >= 11 is 0. The summed E-state index contributed by atoms with van der Waals surface area (Å²) in [6, 6.07) is 18.2. The lowest BCUT2D eigenvalue weighted by molar-refractivity contribution is -0.133. The zero-order chi connectivity index (χ0) is 18.4. The van der Waals surface area contributed by atoms with Crippen molar-refractivity contribution >= 4 is 5.91 Å². The minimum Gasteiger partial charge on any atom is -0.340 e. The summed E-state index contributed by atoms with van der Waals surface area (Å²) in [5.41, 5.74) is 4.39. The summed E-state index contributed by atoms with van der Waals surface area (Å²) < 4.78 is 0. The third-order valence-corrected chi connectivity index (χ3v) is 4.92. The first-order valence-corrected chi connectivity index (χ1v) is 9.19. The van der Waals surface area contributed by atoms with Crippen LogP contribution < -0.4 is 0 Å². The molecule has 1 fully saturated rings. The van der Waals surface area contributed by atoms with Gasteiger partial charge in [0.2, 0.25) is 5.91 Å². The van der Waals surface area contributed by atoms with Crippen LogP contribution in [0.25, 0.3) is 0 Å². The van der Waals surface area contributed by atoms with Crippen molar-refractivity contribution in [3.05, 3.63) is 70.8 Å². The van der Waals surface area contributed by atoms with Crippen LogP contribution in [0, 0.1) is 18.3 Å². The molecule has 2 aromatic carbocycles. The van der Waals surface area contributed by atoms with E-state index in [1.54, 1.807) is 0 Å². The van der Waals surface area contributed by atoms with Crippen molar-refractivity contribution < 1.29 is 4.79 Å². The predicted octanol–water partition coefficient (Wildman–Crippen LogP) is 3.14. The maximum absolute atomic E-state index is 12.5. The monoisotopic (exact) mass is 347 g/mol. The van der Waals surface area contributed by atoms with Crippen LogP contribution in [0.4, 0.5) is 0 Å². The van der Waals surface area contributed by atoms with Crippen LogP contribution in [0.2, 0.25) is 0 Å². The molecule has 0 bridgehead atoms. The second kappa shape index (κ2) is 8.64. The summed E-state index contributed by atoms with van der Waals surface area (Å²) in [7, 11) is 0. The predicted molar refractivity (Wildman–Crippen MR) is 103 cm³/mol. The molecule has 26 heavy (non-hydrogen) atoms. The van der Waals surface area contributed by atoms with Gasteiger partial charge in [0, 0.05) is 39.1 Å². The van der Waals surface area contributed by atoms with Gasteiger partial charge in [-0.05, 0) is 36.6 Å². The fourth-order valence-corrected chi connectivity index (χ4v) is 3.38. The summed E-state index contributed by atoms with van der Waals surface area (Å²) in [5.74, 6) is 0.226. The van der Waals surface area contributed by atoms with E-state index in [2.05, 4.69) is 42.2 Å². The Labute approximate surface area is 155 Å². The first kappa shape index (κ1) is 18.2. The second-order valence-electron chi connectivity index (χ2n) is 6.95. The molecule has 0 spiro atoms. The Morgan fingerprint density at radius 1 is 1.04 bits per heavy atom. The van der Waals surface area contributed by atoms with E-state index in [0.717, 1.165) is 44.7 Å². The average molecular weight is 347 g/mol. The molecule has 0 saturated carbocycles. The molecule has 4 nitrogen and oxygen atoms in total. The molecule has 1 amide bonds. The largest absolute Gasteiger partial charge is 0.340 e. The Kier molecular flexibility index (Phi) is 6.04. The Hall–Kier alpha value is -2.64. The van der Waals surface area contributed by atoms with Crippen LogP contribution in [0.5, 0.6) is 0 Å². The highest BCUT2D eigenvalue weighted by Crippen LogP contribution is 2.12. The van der Waals surface area contributed by atoms with Crippen molar-refractivity contribution in [2.45, 2.75) is 26.3 Å². The molecule has 0 unspecified atom stereocenters. The van der Waals surface area contributed by atoms with Crippen LogP contribution in [-0.2, 0) is 17.8 Å². The van der Waals surface area contributed by atoms with Crippen LogP contribution >= 0.6 is 0 Å². The molecule has 1 heterocycles. The number of nitriles is 1. The SMILES string of the molecule is Cc1cccc(CN2CCN(C(=O)CCc3ccc(C#N)cc3)CC2)c1. The molecule has 0 aliphatic carbocycles. The number of hydrogen-bond acceptors (Lipinski definition) is 3. The van der Waals surface area contributed by atoms with Gasteiger partial charge in [0.15, 0.2) is 0 Å². The van der Waals surface area contributed by atoms with Crippen molar-refractivity contribution in [3.63, 3.8) is 0 Å². The number of hydrogen-bond donors (Lipinski definition) is 0. The van der Waals surface area contributed by atoms with Gasteiger partial charge < -0.3 is 4.90 Å². The molecule has 1 aliphatic rings. The van der Waals surface area contributed by atoms with Crippen LogP contribution in [0.15, 0.2) is 48.5 Å². The second-order valence-corrected chi connectivity index (χ2v) is 6.95. The number of rotatable bonds is 5. The first-order valence-electron chi connectivity index (χ1n) is 9.19. The van der Waals surface area contributed by atoms with Gasteiger partial charge in [0.1, 0.15) is 0 Å². The van der Waals surface area contributed by atoms with Gasteiger partial charge in [-0.3, -0.25) is 9.69 Å². The fourth-order valence-electron chi connectivity index (χ4n) is 3.38. The van der Waals surface area contributed by atoms with Gasteiger partial charge >= 0.3 is 0 Å². The molecule has 0 aromatic heterocycles. The molecule has 0 radical (unpaired) electrons. The third-order valence-electron chi connectivity index (χ3n) is 4.92. The van der Waals surface area contributed by atoms with E-state index in [1.165, 1.54) is 11.1 Å². The van der Waals surface area contributed by atoms with Crippen LogP contribution in [0.1, 0.15) is 28.7 Å². The minimum absolute atomic E-state index is 0.226. The fraction of sp³-hybridized carbons (Fsp3) is 0.364. The number of nitrogens with zero attached hydrogens (tertiary/aromatic N) is 3. The Balaban J connectivity index is 1.43. The molecular formula is C22H25N3O. The van der Waals surface area contributed by atoms with Crippen LogP contribution in [-0.4, -0.2) is 41.9 Å². The van der Waals surface area contributed by atoms with Crippen molar-refractivity contribution in [3.8, 4) is 6.07 Å². The lowest BCUT2D eigenvalue weighted by atomic mass is 10.1. The molecule has 0 N–H and O–H groups in total. The van der Waals surface area contributed by atoms with Crippen molar-refractivity contribution in [2.24, 2.45) is 0 Å². The summed E-state index contributed by atoms with van der Waals surface area (Å²) in [6.07, 6.45) is 1.26. The van der Waals surface area contributed by atoms with Crippen molar-refractivity contribution in [2.75, 3.05) is 26.2 Å². The Bertz CT molecular complexity index is 784. The maximum Gasteiger partial charge on any atom is 0.222 e. The Morgan fingerprint density at radius 3 is 2.42 bits per heavy atom. The molecule has 1 aliphatic heterocycles. The zero-order valence-corrected chi connectivity index (χ0v) is 15.3. The smallest absolute Gasteiger partial charge is 0.222 e. The minimum atomic E-state index is 0.226. The first-order chi connectivity index (χ1) is 12.6. The lowest BCUT2D eigenvalue weighted by Crippen LogP contribution is -2.48. The standard InChI is InChI=1S/C22H25N3O/c1-18-3-2-4-21(15-18)17-24-11-13-25(14-12-24)22(26)10-9-19-5-7-20(16-23)8-6-19/h2-8,15H,9-14,17H2,1H3. The number of aryl methyl sites for hydroxylation is 2. The summed E-state index contributed by atoms with van der Waals surface area (Å²) in [4.78, 5) is 16.9. The third kappa shape index (κ3) is 4.93. The summed E-state index contributed by atoms with van der Waals surface area (Å²) in [6.45, 7) is 6.53. The molecule has 3 rings (SSSR count). The number of piperazine rings is 1. The Morgan fingerprint density at radius 2 is 1.77 bits per heavy atom. The van der Waals surface area contributed by atoms with Crippen molar-refractivity contribution in [1.29, 1.82) is 5.26 Å². The lowest BCUT2D eigenvalue weighted by Gasteiger charge is -2.35. The van der Waals surface area contributed by atoms with Gasteiger partial charge in [-0.15, -0.1) is 0 Å². The van der Waals surface area contributed by atoms with E-state index in [1.807, 2.05) is 29.2 Å². The van der Waals surface area contributed by atoms with Gasteiger partial charge in [-0.2, -0.15) is 5.26 Å². The highest BCUT2D eigenvalue weighted by Gasteiger charge is 2.20. The van der Waals surface area contributed by atoms with Gasteiger partial charge in [-0.1, -0.05) is 42.0 Å². The molecule has 134 valence electrons. The number of benzene rings is 2. The van der Waals surface area contributed by atoms with E-state index < -0.39 is 0 Å². The molecule has 4 heteroatoms. The van der Waals surface area contributed by atoms with Gasteiger partial charge in [0.25, 0.3) is 0 Å². The maximum atomic E-state index is 12.5. The normalized spacial score (nSPS) is 14.8. The molecule has 1 saturated heterocycles. The van der Waals surface area contributed by atoms with Gasteiger partial charge in [-0.25, -0.2) is 0 Å². The molecule has 2 aromatic rings. The number of carbonyl (C=O) groups is 1. The quantitative estimate of drug-likeness (QED) is 0.835. The molecular weight excluding hydrogens is 322 g/mol. The van der Waals surface area contributed by atoms with E-state index >= 15 is 0 Å². The van der Waals surface area contributed by atoms with E-state index in [0.29, 0.717) is 12.0 Å². The number of amides is 1. The van der Waals surface area contributed by atoms with E-state index in [-0.39, 0.29) is 5.91 Å². The van der Waals surface area contributed by atoms with Crippen molar-refractivity contribution in [1.82, 2.24) is 9.80 Å². The number of carbonyl (C=O) groups excluding carboxylic acids is 1. The zero-order valence-electron chi connectivity index (χ0n) is 15.3. The summed E-state index contributed by atoms with van der Waals surface area (Å²) in [5, 5.41) is 8.83. The average Bonchev–Trinajstić information content (AvgIpc) is 2.67. The van der Waals surface area contributed by atoms with Crippen LogP contribution in [0.3, 0.4) is 0 Å².